The van der Waals surface area contributed by atoms with E-state index < -0.39 is 11.6 Å². The highest BCUT2D eigenvalue weighted by molar-refractivity contribution is 5.90. The van der Waals surface area contributed by atoms with Gasteiger partial charge < -0.3 is 14.4 Å². The Balaban J connectivity index is 2.10. The topological polar surface area (TPSA) is 55.8 Å². The fourth-order valence-corrected chi connectivity index (χ4v) is 2.91. The summed E-state index contributed by atoms with van der Waals surface area (Å²) in [6, 6.07) is -0.428. The molecule has 0 radical (unpaired) electrons. The van der Waals surface area contributed by atoms with Crippen LogP contribution in [0.1, 0.15) is 46.0 Å². The molecule has 0 saturated carbocycles. The third kappa shape index (κ3) is 2.91. The molecule has 0 aromatic carbocycles. The maximum atomic E-state index is 12.6. The van der Waals surface area contributed by atoms with Gasteiger partial charge in [-0.05, 0) is 46.0 Å². The molecule has 19 heavy (non-hydrogen) atoms. The molecule has 2 aliphatic rings. The molecule has 108 valence electrons. The van der Waals surface area contributed by atoms with Gasteiger partial charge in [-0.15, -0.1) is 0 Å². The number of rotatable bonds is 3. The molecule has 2 fully saturated rings. The lowest BCUT2D eigenvalue weighted by Crippen LogP contribution is -2.55. The highest BCUT2D eigenvalue weighted by Crippen LogP contribution is 2.30. The van der Waals surface area contributed by atoms with Crippen LogP contribution in [0, 0.1) is 0 Å². The van der Waals surface area contributed by atoms with Crippen molar-refractivity contribution >= 4 is 11.9 Å². The molecule has 0 bridgehead atoms. The third-order valence-electron chi connectivity index (χ3n) is 3.99. The molecule has 0 N–H and O–H groups in total. The van der Waals surface area contributed by atoms with E-state index in [-0.39, 0.29) is 11.9 Å². The van der Waals surface area contributed by atoms with E-state index in [9.17, 15) is 9.59 Å². The molecule has 2 unspecified atom stereocenters. The smallest absolute Gasteiger partial charge is 0.328 e. The van der Waals surface area contributed by atoms with Crippen molar-refractivity contribution < 1.29 is 19.1 Å². The Morgan fingerprint density at radius 3 is 2.79 bits per heavy atom. The van der Waals surface area contributed by atoms with Crippen LogP contribution in [0.4, 0.5) is 0 Å². The van der Waals surface area contributed by atoms with Crippen LogP contribution in [-0.4, -0.2) is 48.2 Å². The van der Waals surface area contributed by atoms with Gasteiger partial charge in [-0.25, -0.2) is 4.79 Å². The molecular formula is C14H23NO4. The van der Waals surface area contributed by atoms with E-state index >= 15 is 0 Å². The van der Waals surface area contributed by atoms with Crippen molar-refractivity contribution in [3.05, 3.63) is 0 Å². The first-order chi connectivity index (χ1) is 9.08. The second kappa shape index (κ2) is 5.90. The number of hydrogen-bond acceptors (Lipinski definition) is 4. The van der Waals surface area contributed by atoms with Crippen LogP contribution in [0.15, 0.2) is 0 Å². The molecule has 5 heteroatoms. The van der Waals surface area contributed by atoms with E-state index in [1.54, 1.807) is 11.8 Å². The van der Waals surface area contributed by atoms with Gasteiger partial charge in [-0.1, -0.05) is 0 Å². The summed E-state index contributed by atoms with van der Waals surface area (Å²) in [5.41, 5.74) is -0.748. The Labute approximate surface area is 114 Å². The summed E-state index contributed by atoms with van der Waals surface area (Å²) in [4.78, 5) is 26.3. The van der Waals surface area contributed by atoms with Crippen LogP contribution < -0.4 is 0 Å². The van der Waals surface area contributed by atoms with Crippen molar-refractivity contribution in [2.75, 3.05) is 19.8 Å². The molecule has 2 aliphatic heterocycles. The zero-order valence-electron chi connectivity index (χ0n) is 11.8. The van der Waals surface area contributed by atoms with Gasteiger partial charge in [-0.3, -0.25) is 4.79 Å². The summed E-state index contributed by atoms with van der Waals surface area (Å²) in [5.74, 6) is -0.333. The monoisotopic (exact) mass is 269 g/mol. The SMILES string of the molecule is CCOC(=O)C1CCCCN1C(=O)C1(C)CCCO1. The first kappa shape index (κ1) is 14.3. The number of hydrogen-bond donors (Lipinski definition) is 0. The summed E-state index contributed by atoms with van der Waals surface area (Å²) in [5, 5.41) is 0. The van der Waals surface area contributed by atoms with Crippen molar-refractivity contribution in [1.29, 1.82) is 0 Å². The van der Waals surface area contributed by atoms with Crippen molar-refractivity contribution in [3.8, 4) is 0 Å². The normalized spacial score (nSPS) is 31.3. The molecule has 2 saturated heterocycles. The highest BCUT2D eigenvalue weighted by Gasteiger charge is 2.44. The van der Waals surface area contributed by atoms with Gasteiger partial charge in [-0.2, -0.15) is 0 Å². The van der Waals surface area contributed by atoms with Gasteiger partial charge in [0.25, 0.3) is 5.91 Å². The third-order valence-corrected chi connectivity index (χ3v) is 3.99. The summed E-state index contributed by atoms with van der Waals surface area (Å²) in [7, 11) is 0. The minimum absolute atomic E-state index is 0.0530. The zero-order valence-corrected chi connectivity index (χ0v) is 11.8. The Bertz CT molecular complexity index is 349. The summed E-state index contributed by atoms with van der Waals surface area (Å²) in [6.07, 6.45) is 4.24. The predicted octanol–water partition coefficient (Wildman–Crippen LogP) is 1.50. The highest BCUT2D eigenvalue weighted by atomic mass is 16.5. The Morgan fingerprint density at radius 2 is 2.16 bits per heavy atom. The van der Waals surface area contributed by atoms with E-state index in [0.29, 0.717) is 26.2 Å². The van der Waals surface area contributed by atoms with Crippen molar-refractivity contribution in [2.24, 2.45) is 0 Å². The lowest BCUT2D eigenvalue weighted by molar-refractivity contribution is -0.165. The Kier molecular flexibility index (Phi) is 4.45. The number of likely N-dealkylation sites (tertiary alicyclic amines) is 1. The summed E-state index contributed by atoms with van der Waals surface area (Å²) in [6.45, 7) is 5.22. The van der Waals surface area contributed by atoms with Gasteiger partial charge in [0.15, 0.2) is 0 Å². The van der Waals surface area contributed by atoms with E-state index in [0.717, 1.165) is 25.7 Å². The molecular weight excluding hydrogens is 246 g/mol. The second-order valence-electron chi connectivity index (χ2n) is 5.45. The van der Waals surface area contributed by atoms with Gasteiger partial charge >= 0.3 is 5.97 Å². The van der Waals surface area contributed by atoms with Crippen LogP contribution in [0.25, 0.3) is 0 Å². The van der Waals surface area contributed by atoms with Crippen LogP contribution >= 0.6 is 0 Å². The van der Waals surface area contributed by atoms with Gasteiger partial charge in [0.1, 0.15) is 11.6 Å². The van der Waals surface area contributed by atoms with Gasteiger partial charge in [0.05, 0.1) is 6.61 Å². The minimum Gasteiger partial charge on any atom is -0.464 e. The fourth-order valence-electron chi connectivity index (χ4n) is 2.91. The van der Waals surface area contributed by atoms with Gasteiger partial charge in [0, 0.05) is 13.2 Å². The maximum absolute atomic E-state index is 12.6. The number of ether oxygens (including phenoxy) is 2. The largest absolute Gasteiger partial charge is 0.464 e. The number of esters is 1. The molecule has 0 aliphatic carbocycles. The number of amides is 1. The molecule has 0 spiro atoms. The molecule has 5 nitrogen and oxygen atoms in total. The average molecular weight is 269 g/mol. The van der Waals surface area contributed by atoms with Crippen LogP contribution in [0.3, 0.4) is 0 Å². The summed E-state index contributed by atoms with van der Waals surface area (Å²) >= 11 is 0. The first-order valence-corrected chi connectivity index (χ1v) is 7.20. The van der Waals surface area contributed by atoms with Crippen molar-refractivity contribution in [1.82, 2.24) is 4.90 Å². The molecule has 1 amide bonds. The summed E-state index contributed by atoms with van der Waals surface area (Å²) < 4.78 is 10.7. The fraction of sp³-hybridized carbons (Fsp3) is 0.857. The molecule has 2 rings (SSSR count). The van der Waals surface area contributed by atoms with Crippen LogP contribution in [0.2, 0.25) is 0 Å². The van der Waals surface area contributed by atoms with Crippen molar-refractivity contribution in [3.63, 3.8) is 0 Å². The quantitative estimate of drug-likeness (QED) is 0.729. The molecule has 2 atom stereocenters. The first-order valence-electron chi connectivity index (χ1n) is 7.20. The maximum Gasteiger partial charge on any atom is 0.328 e. The van der Waals surface area contributed by atoms with E-state index in [4.69, 9.17) is 9.47 Å². The lowest BCUT2D eigenvalue weighted by Gasteiger charge is -2.38. The van der Waals surface area contributed by atoms with Gasteiger partial charge in [0.2, 0.25) is 0 Å². The standard InChI is InChI=1S/C14H23NO4/c1-3-18-12(16)11-7-4-5-9-15(11)13(17)14(2)8-6-10-19-14/h11H,3-10H2,1-2H3. The number of nitrogens with zero attached hydrogens (tertiary/aromatic N) is 1. The number of piperidine rings is 1. The molecule has 0 aromatic heterocycles. The van der Waals surface area contributed by atoms with Crippen molar-refractivity contribution in [2.45, 2.75) is 57.6 Å². The van der Waals surface area contributed by atoms with Crippen LogP contribution in [-0.2, 0) is 19.1 Å². The Hall–Kier alpha value is -1.10. The van der Waals surface area contributed by atoms with E-state index in [2.05, 4.69) is 0 Å². The molecule has 2 heterocycles. The number of carbonyl (C=O) groups excluding carboxylic acids is 2. The van der Waals surface area contributed by atoms with E-state index in [1.807, 2.05) is 6.92 Å². The average Bonchev–Trinajstić information content (AvgIpc) is 2.86. The lowest BCUT2D eigenvalue weighted by atomic mass is 9.95. The minimum atomic E-state index is -0.748. The van der Waals surface area contributed by atoms with E-state index in [1.165, 1.54) is 0 Å². The molecule has 0 aromatic rings. The Morgan fingerprint density at radius 1 is 1.37 bits per heavy atom. The zero-order chi connectivity index (χ0) is 13.9. The second-order valence-corrected chi connectivity index (χ2v) is 5.45. The van der Waals surface area contributed by atoms with Crippen LogP contribution in [0.5, 0.6) is 0 Å². The number of carbonyl (C=O) groups is 2. The predicted molar refractivity (Wildman–Crippen MR) is 69.6 cm³/mol.